The van der Waals surface area contributed by atoms with Crippen LogP contribution in [-0.4, -0.2) is 21.2 Å². The summed E-state index contributed by atoms with van der Waals surface area (Å²) in [4.78, 5) is 39.7. The van der Waals surface area contributed by atoms with Gasteiger partial charge in [-0.05, 0) is 36.4 Å². The molecule has 0 aliphatic heterocycles. The lowest BCUT2D eigenvalue weighted by molar-refractivity contribution is -0.114. The maximum Gasteiger partial charge on any atom is 0.261 e. The lowest BCUT2D eigenvalue weighted by atomic mass is 10.1. The number of carbonyl (C=O) groups is 2. The number of hydrogen-bond acceptors (Lipinski definition) is 4. The largest absolute Gasteiger partial charge is 0.326 e. The molecule has 0 saturated carbocycles. The fraction of sp³-hybridized carbons (Fsp3) is 0.111. The van der Waals surface area contributed by atoms with Crippen LogP contribution in [0.4, 0.5) is 10.1 Å². The monoisotopic (exact) mass is 339 g/mol. The van der Waals surface area contributed by atoms with Gasteiger partial charge in [-0.3, -0.25) is 19.0 Å². The lowest BCUT2D eigenvalue weighted by Gasteiger charge is -2.07. The first kappa shape index (κ1) is 16.5. The van der Waals surface area contributed by atoms with Crippen molar-refractivity contribution in [3.8, 4) is 0 Å². The van der Waals surface area contributed by atoms with Crippen molar-refractivity contribution < 1.29 is 14.0 Å². The molecule has 7 heteroatoms. The van der Waals surface area contributed by atoms with Crippen molar-refractivity contribution in [2.75, 3.05) is 5.32 Å². The maximum absolute atomic E-state index is 13.2. The number of nitrogens with one attached hydrogen (secondary N) is 1. The number of fused-ring (bicyclic) bond motifs is 1. The van der Waals surface area contributed by atoms with Gasteiger partial charge < -0.3 is 5.32 Å². The molecule has 3 rings (SSSR count). The molecule has 1 heterocycles. The van der Waals surface area contributed by atoms with Gasteiger partial charge in [0, 0.05) is 24.2 Å². The molecule has 0 aliphatic carbocycles. The van der Waals surface area contributed by atoms with Crippen LogP contribution in [0.3, 0.4) is 0 Å². The van der Waals surface area contributed by atoms with E-state index >= 15 is 0 Å². The number of rotatable bonds is 4. The Morgan fingerprint density at radius 2 is 1.88 bits per heavy atom. The van der Waals surface area contributed by atoms with E-state index in [2.05, 4.69) is 10.3 Å². The molecular formula is C18H14FN3O3. The second-order valence-corrected chi connectivity index (χ2v) is 5.52. The van der Waals surface area contributed by atoms with Gasteiger partial charge in [-0.15, -0.1) is 0 Å². The van der Waals surface area contributed by atoms with Crippen molar-refractivity contribution in [3.05, 3.63) is 70.5 Å². The molecule has 0 bridgehead atoms. The van der Waals surface area contributed by atoms with Gasteiger partial charge in [0.15, 0.2) is 5.78 Å². The number of hydrogen-bond donors (Lipinski definition) is 1. The molecule has 0 aliphatic rings. The van der Waals surface area contributed by atoms with Crippen LogP contribution in [0.2, 0.25) is 0 Å². The molecule has 6 nitrogen and oxygen atoms in total. The Labute approximate surface area is 141 Å². The van der Waals surface area contributed by atoms with Gasteiger partial charge >= 0.3 is 0 Å². The summed E-state index contributed by atoms with van der Waals surface area (Å²) in [6.07, 6.45) is 1.23. The topological polar surface area (TPSA) is 81.1 Å². The van der Waals surface area contributed by atoms with Gasteiger partial charge in [-0.2, -0.15) is 0 Å². The normalized spacial score (nSPS) is 10.6. The van der Waals surface area contributed by atoms with Crippen LogP contribution < -0.4 is 10.9 Å². The van der Waals surface area contributed by atoms with Crippen LogP contribution in [0.25, 0.3) is 10.9 Å². The zero-order valence-corrected chi connectivity index (χ0v) is 13.3. The highest BCUT2D eigenvalue weighted by Gasteiger charge is 2.11. The SMILES string of the molecule is CC(=O)Nc1ccc(C(=O)Cn2cnc3cc(F)ccc3c2=O)cc1. The standard InChI is InChI=1S/C18H14FN3O3/c1-11(23)21-14-5-2-12(3-6-14)17(24)9-22-10-20-16-8-13(19)4-7-15(16)18(22)25/h2-8,10H,9H2,1H3,(H,21,23). The van der Waals surface area contributed by atoms with E-state index in [4.69, 9.17) is 0 Å². The van der Waals surface area contributed by atoms with E-state index in [1.54, 1.807) is 24.3 Å². The quantitative estimate of drug-likeness (QED) is 0.740. The number of amides is 1. The second-order valence-electron chi connectivity index (χ2n) is 5.52. The van der Waals surface area contributed by atoms with Gasteiger partial charge in [0.25, 0.3) is 5.56 Å². The number of halogens is 1. The van der Waals surface area contributed by atoms with Crippen LogP contribution in [-0.2, 0) is 11.3 Å². The second kappa shape index (κ2) is 6.64. The Morgan fingerprint density at radius 1 is 1.16 bits per heavy atom. The smallest absolute Gasteiger partial charge is 0.261 e. The molecule has 25 heavy (non-hydrogen) atoms. The van der Waals surface area contributed by atoms with Crippen LogP contribution in [0.15, 0.2) is 53.6 Å². The van der Waals surface area contributed by atoms with E-state index in [0.717, 1.165) is 0 Å². The van der Waals surface area contributed by atoms with E-state index in [-0.39, 0.29) is 29.1 Å². The maximum atomic E-state index is 13.2. The number of anilines is 1. The molecule has 0 unspecified atom stereocenters. The number of benzene rings is 2. The molecule has 1 N–H and O–H groups in total. The molecule has 0 radical (unpaired) electrons. The minimum Gasteiger partial charge on any atom is -0.326 e. The third kappa shape index (κ3) is 3.60. The van der Waals surface area contributed by atoms with Crippen molar-refractivity contribution in [1.29, 1.82) is 0 Å². The zero-order valence-electron chi connectivity index (χ0n) is 13.3. The Kier molecular flexibility index (Phi) is 4.38. The van der Waals surface area contributed by atoms with Crippen LogP contribution in [0.1, 0.15) is 17.3 Å². The Hall–Kier alpha value is -3.35. The molecule has 0 atom stereocenters. The molecule has 0 spiro atoms. The first-order valence-corrected chi connectivity index (χ1v) is 7.49. The molecule has 126 valence electrons. The molecule has 2 aromatic carbocycles. The summed E-state index contributed by atoms with van der Waals surface area (Å²) in [5.41, 5.74) is 0.817. The molecule has 1 amide bonds. The van der Waals surface area contributed by atoms with E-state index < -0.39 is 11.4 Å². The van der Waals surface area contributed by atoms with Crippen molar-refractivity contribution in [2.24, 2.45) is 0 Å². The fourth-order valence-electron chi connectivity index (χ4n) is 2.43. The third-order valence-electron chi connectivity index (χ3n) is 3.63. The van der Waals surface area contributed by atoms with E-state index in [1.165, 1.54) is 36.0 Å². The average Bonchev–Trinajstić information content (AvgIpc) is 2.57. The summed E-state index contributed by atoms with van der Waals surface area (Å²) >= 11 is 0. The highest BCUT2D eigenvalue weighted by molar-refractivity contribution is 5.97. The van der Waals surface area contributed by atoms with Gasteiger partial charge in [0.1, 0.15) is 5.82 Å². The number of ketones is 1. The summed E-state index contributed by atoms with van der Waals surface area (Å²) in [5, 5.41) is 2.86. The number of nitrogens with zero attached hydrogens (tertiary/aromatic N) is 2. The predicted molar refractivity (Wildman–Crippen MR) is 91.0 cm³/mol. The minimum absolute atomic E-state index is 0.182. The van der Waals surface area contributed by atoms with Gasteiger partial charge in [0.05, 0.1) is 23.8 Å². The highest BCUT2D eigenvalue weighted by atomic mass is 19.1. The van der Waals surface area contributed by atoms with E-state index in [0.29, 0.717) is 11.3 Å². The minimum atomic E-state index is -0.479. The number of aromatic nitrogens is 2. The Bertz CT molecular complexity index is 1030. The number of carbonyl (C=O) groups excluding carboxylic acids is 2. The van der Waals surface area contributed by atoms with Crippen molar-refractivity contribution in [3.63, 3.8) is 0 Å². The van der Waals surface area contributed by atoms with Crippen molar-refractivity contribution in [1.82, 2.24) is 9.55 Å². The van der Waals surface area contributed by atoms with Crippen LogP contribution in [0, 0.1) is 5.82 Å². The van der Waals surface area contributed by atoms with Gasteiger partial charge in [-0.25, -0.2) is 9.37 Å². The van der Waals surface area contributed by atoms with Crippen molar-refractivity contribution >= 4 is 28.3 Å². The van der Waals surface area contributed by atoms with Crippen LogP contribution >= 0.6 is 0 Å². The lowest BCUT2D eigenvalue weighted by Crippen LogP contribution is -2.24. The molecule has 3 aromatic rings. The highest BCUT2D eigenvalue weighted by Crippen LogP contribution is 2.12. The zero-order chi connectivity index (χ0) is 18.0. The van der Waals surface area contributed by atoms with Gasteiger partial charge in [-0.1, -0.05) is 0 Å². The summed E-state index contributed by atoms with van der Waals surface area (Å²) in [5.74, 6) is -0.962. The van der Waals surface area contributed by atoms with Crippen LogP contribution in [0.5, 0.6) is 0 Å². The van der Waals surface area contributed by atoms with Gasteiger partial charge in [0.2, 0.25) is 5.91 Å². The Balaban J connectivity index is 1.84. The van der Waals surface area contributed by atoms with Crippen molar-refractivity contribution in [2.45, 2.75) is 13.5 Å². The van der Waals surface area contributed by atoms with E-state index in [1.807, 2.05) is 0 Å². The molecule has 0 fully saturated rings. The fourth-order valence-corrected chi connectivity index (χ4v) is 2.43. The summed E-state index contributed by atoms with van der Waals surface area (Å²) in [6, 6.07) is 10.1. The first-order chi connectivity index (χ1) is 11.9. The molecular weight excluding hydrogens is 325 g/mol. The Morgan fingerprint density at radius 3 is 2.56 bits per heavy atom. The summed E-state index contributed by atoms with van der Waals surface area (Å²) < 4.78 is 14.4. The first-order valence-electron chi connectivity index (χ1n) is 7.49. The average molecular weight is 339 g/mol. The van der Waals surface area contributed by atoms with E-state index in [9.17, 15) is 18.8 Å². The predicted octanol–water partition coefficient (Wildman–Crippen LogP) is 2.38. The number of Topliss-reactive ketones (excluding diaryl/α,β-unsaturated/α-hetero) is 1. The third-order valence-corrected chi connectivity index (χ3v) is 3.63. The summed E-state index contributed by atoms with van der Waals surface area (Å²) in [6.45, 7) is 1.21. The molecule has 1 aromatic heterocycles. The summed E-state index contributed by atoms with van der Waals surface area (Å²) in [7, 11) is 0. The molecule has 0 saturated heterocycles.